The zero-order valence-corrected chi connectivity index (χ0v) is 68.1. The Hall–Kier alpha value is -10.1. The van der Waals surface area contributed by atoms with Crippen LogP contribution in [0.4, 0.5) is 0 Å². The molecule has 8 aromatic rings. The number of esters is 4. The van der Waals surface area contributed by atoms with Crippen LogP contribution in [0.3, 0.4) is 0 Å². The van der Waals surface area contributed by atoms with E-state index < -0.39 is 171 Å². The highest BCUT2D eigenvalue weighted by atomic mass is 16.8. The summed E-state index contributed by atoms with van der Waals surface area (Å²) in [7, 11) is 0. The van der Waals surface area contributed by atoms with E-state index in [0.29, 0.717) is 11.1 Å². The van der Waals surface area contributed by atoms with Gasteiger partial charge in [-0.3, -0.25) is 33.7 Å². The van der Waals surface area contributed by atoms with E-state index in [2.05, 4.69) is 0 Å². The van der Waals surface area contributed by atoms with Crippen molar-refractivity contribution in [3.63, 3.8) is 0 Å². The number of carbonyl (C=O) groups is 6. The van der Waals surface area contributed by atoms with Gasteiger partial charge in [-0.2, -0.15) is 0 Å². The molecule has 5 fully saturated rings. The van der Waals surface area contributed by atoms with E-state index in [1.807, 2.05) is 218 Å². The van der Waals surface area contributed by atoms with Crippen LogP contribution in [0.2, 0.25) is 0 Å². The molecule has 0 radical (unpaired) electrons. The molecule has 0 spiro atoms. The van der Waals surface area contributed by atoms with Gasteiger partial charge in [-0.1, -0.05) is 243 Å². The first-order valence-electron chi connectivity index (χ1n) is 40.6. The van der Waals surface area contributed by atoms with Crippen LogP contribution in [0.1, 0.15) is 92.3 Å². The maximum Gasteiger partial charge on any atom is 0.303 e. The van der Waals surface area contributed by atoms with Crippen molar-refractivity contribution in [3.8, 4) is 0 Å². The lowest BCUT2D eigenvalue weighted by molar-refractivity contribution is -0.407. The van der Waals surface area contributed by atoms with Gasteiger partial charge in [-0.25, -0.2) is 0 Å². The SMILES string of the molecule is CC(=O)OC[C@H]1O[C@@H](O[C@H]2[C@@H]3OC(c4ccccc4)OC[C@H]3O[C@@H](O[C@H]3[C@@H](OCc4ccccc4)[C@@H](COCc4ccccc4)O[C@@H](O[C@H]4[C@H](OCc5ccccc5)[C@@H](OCc5ccccc5)[C@H](OCc5ccccc5)O[C@@H]4COCc4ccccc4)[C@@H]3OCc3ccccc3)[C@@H]2N2C(=O)C(C)=C(C)C2=O)[C@H](OC(C)=O)[C@@H](OC(C)=O)[C@H]1OC(C)=O. The Morgan fingerprint density at radius 3 is 1.14 bits per heavy atom. The molecule has 0 bridgehead atoms. The summed E-state index contributed by atoms with van der Waals surface area (Å²) in [6.07, 6.45) is -29.2. The summed E-state index contributed by atoms with van der Waals surface area (Å²) in [5, 5.41) is 0. The summed E-state index contributed by atoms with van der Waals surface area (Å²) in [4.78, 5) is 85.6. The Morgan fingerprint density at radius 1 is 0.331 bits per heavy atom. The van der Waals surface area contributed by atoms with Gasteiger partial charge in [0.05, 0.1) is 66.1 Å². The van der Waals surface area contributed by atoms with Crippen LogP contribution in [0.25, 0.3) is 0 Å². The molecule has 8 aromatic carbocycles. The summed E-state index contributed by atoms with van der Waals surface area (Å²) in [5.74, 6) is -5.12. The molecule has 0 saturated carbocycles. The standard InChI is InChI=1S/C94H101NO26/c1-58-59(2)89(101)95(88(58)100)76-81(120-94-87(113-63(6)99)84(112-62(5)98)80(111-61(4)97)74(117-94)56-104-60(3)96)78-75(57-110-90(118-78)71-45-29-14-30-46-71)114-91(76)121-83-77(105-49-66-35-19-9-20-36-66)72(54-102-47-64-31-15-7-16-32-64)116-93(86(83)108-52-69-41-25-12-26-42-69)119-79-73(55-103-48-65-33-17-8-18-34-65)115-92(109-53-70-43-27-13-28-44-70)85(107-51-68-39-23-11-24-40-68)82(79)106-50-67-37-21-10-22-38-67/h7-46,72-87,90-94H,47-57H2,1-6H3/t72-,73-,74-,75-,76-,77+,78-,79-,80+,81-,82+,83+,84+,85-,86-,87-,90?,91+,92-,93+,94+/m1/s1. The number of carbonyl (C=O) groups excluding carboxylic acids is 6. The van der Waals surface area contributed by atoms with E-state index in [1.54, 1.807) is 24.3 Å². The first-order chi connectivity index (χ1) is 59.0. The van der Waals surface area contributed by atoms with E-state index in [0.717, 1.165) is 66.0 Å². The first-order valence-corrected chi connectivity index (χ1v) is 40.6. The molecule has 6 aliphatic rings. The van der Waals surface area contributed by atoms with E-state index in [4.69, 9.17) is 94.7 Å². The number of hydrogen-bond donors (Lipinski definition) is 0. The third kappa shape index (κ3) is 22.8. The van der Waals surface area contributed by atoms with Gasteiger partial charge in [0.2, 0.25) is 0 Å². The highest BCUT2D eigenvalue weighted by Gasteiger charge is 2.63. The molecule has 1 unspecified atom stereocenters. The van der Waals surface area contributed by atoms with Crippen LogP contribution in [0.15, 0.2) is 254 Å². The van der Waals surface area contributed by atoms with Gasteiger partial charge < -0.3 is 94.7 Å². The number of nitrogens with zero attached hydrogens (tertiary/aromatic N) is 1. The van der Waals surface area contributed by atoms with Crippen LogP contribution < -0.4 is 0 Å². The van der Waals surface area contributed by atoms with Crippen LogP contribution in [0.5, 0.6) is 0 Å². The van der Waals surface area contributed by atoms with Crippen molar-refractivity contribution in [1.29, 1.82) is 0 Å². The van der Waals surface area contributed by atoms with Crippen molar-refractivity contribution < 1.29 is 124 Å². The van der Waals surface area contributed by atoms with Gasteiger partial charge in [0, 0.05) is 44.4 Å². The van der Waals surface area contributed by atoms with Gasteiger partial charge in [-0.05, 0) is 52.8 Å². The number of rotatable bonds is 36. The summed E-state index contributed by atoms with van der Waals surface area (Å²) in [6, 6.07) is 74.2. The lowest BCUT2D eigenvalue weighted by atomic mass is 9.92. The minimum atomic E-state index is -1.96. The summed E-state index contributed by atoms with van der Waals surface area (Å²) in [5.41, 5.74) is 6.28. The largest absolute Gasteiger partial charge is 0.463 e. The summed E-state index contributed by atoms with van der Waals surface area (Å²) < 4.78 is 139. The molecule has 2 amide bonds. The third-order valence-corrected chi connectivity index (χ3v) is 21.5. The van der Waals surface area contributed by atoms with E-state index in [-0.39, 0.29) is 77.2 Å². The highest BCUT2D eigenvalue weighted by molar-refractivity contribution is 6.19. The minimum Gasteiger partial charge on any atom is -0.463 e. The predicted molar refractivity (Wildman–Crippen MR) is 430 cm³/mol. The number of fused-ring (bicyclic) bond motifs is 1. The van der Waals surface area contributed by atoms with Crippen molar-refractivity contribution in [3.05, 3.63) is 298 Å². The zero-order valence-electron chi connectivity index (χ0n) is 68.1. The Kier molecular flexibility index (Phi) is 30.7. The quantitative estimate of drug-likeness (QED) is 0.0200. The first kappa shape index (κ1) is 87.2. The van der Waals surface area contributed by atoms with Gasteiger partial charge in [0.25, 0.3) is 11.8 Å². The second-order valence-electron chi connectivity index (χ2n) is 30.2. The minimum absolute atomic E-state index is 0.0285. The predicted octanol–water partition coefficient (Wildman–Crippen LogP) is 11.6. The molecule has 27 heteroatoms. The molecule has 0 aliphatic carbocycles. The highest BCUT2D eigenvalue weighted by Crippen LogP contribution is 2.45. The van der Waals surface area contributed by atoms with Gasteiger partial charge in [0.1, 0.15) is 85.9 Å². The van der Waals surface area contributed by atoms with Gasteiger partial charge in [0.15, 0.2) is 49.8 Å². The number of imide groups is 1. The van der Waals surface area contributed by atoms with Crippen molar-refractivity contribution >= 4 is 35.7 Å². The molecule has 638 valence electrons. The average molecular weight is 1660 g/mol. The van der Waals surface area contributed by atoms with Crippen molar-refractivity contribution in [2.75, 3.05) is 26.4 Å². The number of hydrogen-bond acceptors (Lipinski definition) is 26. The monoisotopic (exact) mass is 1660 g/mol. The zero-order chi connectivity index (χ0) is 84.1. The molecule has 0 N–H and O–H groups in total. The molecular formula is C94H101NO26. The number of amides is 2. The molecule has 6 heterocycles. The Balaban J connectivity index is 0.949. The molecule has 0 aromatic heterocycles. The van der Waals surface area contributed by atoms with Crippen molar-refractivity contribution in [2.24, 2.45) is 0 Å². The molecular weight excluding hydrogens is 1560 g/mol. The fourth-order valence-electron chi connectivity index (χ4n) is 15.6. The maximum absolute atomic E-state index is 15.7. The van der Waals surface area contributed by atoms with Crippen LogP contribution in [-0.4, -0.2) is 190 Å². The Labute approximate surface area is 702 Å². The fourth-order valence-corrected chi connectivity index (χ4v) is 15.6. The lowest BCUT2D eigenvalue weighted by Crippen LogP contribution is -2.72. The van der Waals surface area contributed by atoms with Gasteiger partial charge in [-0.15, -0.1) is 0 Å². The second kappa shape index (κ2) is 42.6. The molecule has 121 heavy (non-hydrogen) atoms. The average Bonchev–Trinajstić information content (AvgIpc) is 1.71. The second-order valence-corrected chi connectivity index (χ2v) is 30.2. The third-order valence-electron chi connectivity index (χ3n) is 21.5. The van der Waals surface area contributed by atoms with E-state index >= 15 is 9.59 Å². The topological polar surface area (TPSA) is 290 Å². The van der Waals surface area contributed by atoms with E-state index in [1.165, 1.54) is 13.8 Å². The summed E-state index contributed by atoms with van der Waals surface area (Å²) >= 11 is 0. The number of ether oxygens (including phenoxy) is 20. The Bertz CT molecular complexity index is 4640. The van der Waals surface area contributed by atoms with Gasteiger partial charge >= 0.3 is 23.9 Å². The molecule has 21 atom stereocenters. The van der Waals surface area contributed by atoms with Crippen LogP contribution in [-0.2, 0) is 170 Å². The Morgan fingerprint density at radius 2 is 0.686 bits per heavy atom. The van der Waals surface area contributed by atoms with Crippen molar-refractivity contribution in [2.45, 2.75) is 217 Å². The smallest absolute Gasteiger partial charge is 0.303 e. The molecule has 27 nitrogen and oxygen atoms in total. The normalized spacial score (nSPS) is 28.5. The van der Waals surface area contributed by atoms with Crippen LogP contribution >= 0.6 is 0 Å². The summed E-state index contributed by atoms with van der Waals surface area (Å²) in [6.45, 7) is 6.33. The lowest BCUT2D eigenvalue weighted by Gasteiger charge is -2.54. The number of benzene rings is 8. The maximum atomic E-state index is 15.7. The molecule has 14 rings (SSSR count). The fraction of sp³-hybridized carbons (Fsp3) is 0.404. The molecule has 5 saturated heterocycles. The van der Waals surface area contributed by atoms with Crippen LogP contribution in [0, 0.1) is 0 Å². The van der Waals surface area contributed by atoms with Crippen molar-refractivity contribution in [1.82, 2.24) is 4.90 Å². The molecule has 6 aliphatic heterocycles. The van der Waals surface area contributed by atoms with E-state index in [9.17, 15) is 19.2 Å².